The Labute approximate surface area is 197 Å². The fourth-order valence-corrected chi connectivity index (χ4v) is 3.31. The molecule has 5 N–H and O–H groups in total. The number of carboxylic acid groups (broad SMARTS) is 5. The highest BCUT2D eigenvalue weighted by molar-refractivity contribution is 5.75. The second kappa shape index (κ2) is 16.6. The molecule has 0 aromatic rings. The van der Waals surface area contributed by atoms with Crippen LogP contribution in [0, 0.1) is 0 Å². The first-order chi connectivity index (χ1) is 15.8. The zero-order chi connectivity index (χ0) is 26.3. The average Bonchev–Trinajstić information content (AvgIpc) is 2.70. The van der Waals surface area contributed by atoms with Crippen LogP contribution in [0.4, 0.5) is 0 Å². The molecule has 0 bridgehead atoms. The normalized spacial score (nSPS) is 12.8. The fourth-order valence-electron chi connectivity index (χ4n) is 3.31. The standard InChI is InChI=1S/C21H35N3O10/c1-3-15(2)5-4-6-16(21(33)34)24(14-20(31)32)10-9-22(11-17(25)26)7-8-23(12-18(27)28)13-19(29)30/h3,16H,4-14H2,1-2H3,(H,25,26)(H,27,28)(H,29,30)(H,31,32)(H,33,34)/b15-3+. The largest absolute Gasteiger partial charge is 0.480 e. The van der Waals surface area contributed by atoms with Gasteiger partial charge in [0.2, 0.25) is 0 Å². The van der Waals surface area contributed by atoms with Crippen molar-refractivity contribution in [2.75, 3.05) is 52.4 Å². The van der Waals surface area contributed by atoms with Crippen molar-refractivity contribution in [1.29, 1.82) is 0 Å². The molecule has 0 saturated heterocycles. The smallest absolute Gasteiger partial charge is 0.320 e. The maximum absolute atomic E-state index is 11.8. The highest BCUT2D eigenvalue weighted by atomic mass is 16.4. The SMILES string of the molecule is C/C=C(\C)CCCC(C(=O)O)N(CCN(CCN(CC(=O)O)CC(=O)O)CC(=O)O)CC(=O)O. The summed E-state index contributed by atoms with van der Waals surface area (Å²) in [5, 5.41) is 46.0. The molecule has 0 aromatic heterocycles. The number of carbonyl (C=O) groups is 5. The molecule has 0 saturated carbocycles. The van der Waals surface area contributed by atoms with Crippen molar-refractivity contribution < 1.29 is 49.5 Å². The molecule has 0 fully saturated rings. The minimum absolute atomic E-state index is 0.00794. The Morgan fingerprint density at radius 1 is 0.706 bits per heavy atom. The predicted molar refractivity (Wildman–Crippen MR) is 120 cm³/mol. The first-order valence-electron chi connectivity index (χ1n) is 10.8. The van der Waals surface area contributed by atoms with Gasteiger partial charge in [0.1, 0.15) is 6.04 Å². The van der Waals surface area contributed by atoms with Crippen LogP contribution in [-0.2, 0) is 24.0 Å². The average molecular weight is 490 g/mol. The molecule has 34 heavy (non-hydrogen) atoms. The van der Waals surface area contributed by atoms with Crippen LogP contribution in [0.5, 0.6) is 0 Å². The lowest BCUT2D eigenvalue weighted by Crippen LogP contribution is -2.49. The molecule has 0 aromatic carbocycles. The quantitative estimate of drug-likeness (QED) is 0.141. The highest BCUT2D eigenvalue weighted by Gasteiger charge is 2.27. The molecule has 0 rings (SSSR count). The van der Waals surface area contributed by atoms with E-state index in [1.165, 1.54) is 9.80 Å². The van der Waals surface area contributed by atoms with E-state index in [4.69, 9.17) is 10.2 Å². The summed E-state index contributed by atoms with van der Waals surface area (Å²) in [6.45, 7) is 1.52. The Kier molecular flexibility index (Phi) is 15.1. The molecule has 0 aliphatic carbocycles. The van der Waals surface area contributed by atoms with Crippen LogP contribution in [0.25, 0.3) is 0 Å². The summed E-state index contributed by atoms with van der Waals surface area (Å²) in [4.78, 5) is 60.1. The number of hydrogen-bond donors (Lipinski definition) is 5. The molecule has 13 heteroatoms. The van der Waals surface area contributed by atoms with Gasteiger partial charge in [-0.25, -0.2) is 0 Å². The van der Waals surface area contributed by atoms with Crippen LogP contribution >= 0.6 is 0 Å². The van der Waals surface area contributed by atoms with E-state index in [1.807, 2.05) is 19.9 Å². The Hall–Kier alpha value is -3.03. The lowest BCUT2D eigenvalue weighted by Gasteiger charge is -2.31. The maximum atomic E-state index is 11.8. The van der Waals surface area contributed by atoms with Crippen molar-refractivity contribution in [3.05, 3.63) is 11.6 Å². The lowest BCUT2D eigenvalue weighted by atomic mass is 10.0. The minimum Gasteiger partial charge on any atom is -0.480 e. The van der Waals surface area contributed by atoms with Gasteiger partial charge < -0.3 is 25.5 Å². The summed E-state index contributed by atoms with van der Waals surface area (Å²) >= 11 is 0. The number of hydrogen-bond acceptors (Lipinski definition) is 8. The van der Waals surface area contributed by atoms with Crippen LogP contribution in [0.1, 0.15) is 33.1 Å². The summed E-state index contributed by atoms with van der Waals surface area (Å²) in [7, 11) is 0. The lowest BCUT2D eigenvalue weighted by molar-refractivity contribution is -0.147. The van der Waals surface area contributed by atoms with Crippen molar-refractivity contribution in [3.63, 3.8) is 0 Å². The van der Waals surface area contributed by atoms with Crippen LogP contribution in [0.15, 0.2) is 11.6 Å². The van der Waals surface area contributed by atoms with E-state index in [-0.39, 0.29) is 32.6 Å². The first-order valence-corrected chi connectivity index (χ1v) is 10.8. The monoisotopic (exact) mass is 489 g/mol. The van der Waals surface area contributed by atoms with Gasteiger partial charge in [-0.2, -0.15) is 0 Å². The number of allylic oxidation sites excluding steroid dienone is 2. The Morgan fingerprint density at radius 3 is 1.59 bits per heavy atom. The molecule has 0 aliphatic heterocycles. The van der Waals surface area contributed by atoms with E-state index in [1.54, 1.807) is 0 Å². The van der Waals surface area contributed by atoms with Gasteiger partial charge in [0.25, 0.3) is 0 Å². The van der Waals surface area contributed by atoms with Crippen molar-refractivity contribution in [1.82, 2.24) is 14.7 Å². The molecular weight excluding hydrogens is 454 g/mol. The van der Waals surface area contributed by atoms with Crippen molar-refractivity contribution in [2.45, 2.75) is 39.2 Å². The Bertz CT molecular complexity index is 724. The molecule has 0 heterocycles. The molecule has 0 aliphatic rings. The molecule has 0 radical (unpaired) electrons. The van der Waals surface area contributed by atoms with E-state index in [2.05, 4.69) is 0 Å². The Morgan fingerprint density at radius 2 is 1.15 bits per heavy atom. The van der Waals surface area contributed by atoms with Crippen molar-refractivity contribution >= 4 is 29.8 Å². The molecule has 194 valence electrons. The number of rotatable bonds is 20. The second-order valence-corrected chi connectivity index (χ2v) is 7.91. The van der Waals surface area contributed by atoms with Gasteiger partial charge in [0.15, 0.2) is 0 Å². The number of nitrogens with zero attached hydrogens (tertiary/aromatic N) is 3. The summed E-state index contributed by atoms with van der Waals surface area (Å²) in [5.74, 6) is -6.08. The zero-order valence-corrected chi connectivity index (χ0v) is 19.6. The minimum atomic E-state index is -1.24. The van der Waals surface area contributed by atoms with E-state index in [9.17, 15) is 39.3 Å². The predicted octanol–water partition coefficient (Wildman–Crippen LogP) is -0.179. The highest BCUT2D eigenvalue weighted by Crippen LogP contribution is 2.13. The van der Waals surface area contributed by atoms with Crippen LogP contribution in [0.2, 0.25) is 0 Å². The molecule has 0 amide bonds. The molecular formula is C21H35N3O10. The van der Waals surface area contributed by atoms with E-state index in [0.717, 1.165) is 10.5 Å². The third-order valence-corrected chi connectivity index (χ3v) is 5.12. The third kappa shape index (κ3) is 14.9. The van der Waals surface area contributed by atoms with Crippen LogP contribution < -0.4 is 0 Å². The molecule has 13 nitrogen and oxygen atoms in total. The molecule has 0 spiro atoms. The maximum Gasteiger partial charge on any atom is 0.320 e. The van der Waals surface area contributed by atoms with Crippen molar-refractivity contribution in [2.24, 2.45) is 0 Å². The van der Waals surface area contributed by atoms with Gasteiger partial charge in [-0.1, -0.05) is 11.6 Å². The summed E-state index contributed by atoms with van der Waals surface area (Å²) in [5.41, 5.74) is 1.08. The molecule has 1 unspecified atom stereocenters. The van der Waals surface area contributed by atoms with Gasteiger partial charge in [-0.05, 0) is 33.1 Å². The summed E-state index contributed by atoms with van der Waals surface area (Å²) in [6, 6.07) is -1.08. The van der Waals surface area contributed by atoms with Gasteiger partial charge in [-0.3, -0.25) is 38.7 Å². The number of aliphatic carboxylic acids is 5. The van der Waals surface area contributed by atoms with Crippen LogP contribution in [0.3, 0.4) is 0 Å². The fraction of sp³-hybridized carbons (Fsp3) is 0.667. The van der Waals surface area contributed by atoms with Gasteiger partial charge in [-0.15, -0.1) is 0 Å². The topological polar surface area (TPSA) is 196 Å². The first kappa shape index (κ1) is 31.0. The van der Waals surface area contributed by atoms with Gasteiger partial charge >= 0.3 is 29.8 Å². The van der Waals surface area contributed by atoms with E-state index in [0.29, 0.717) is 12.8 Å². The van der Waals surface area contributed by atoms with Gasteiger partial charge in [0.05, 0.1) is 26.2 Å². The summed E-state index contributed by atoms with van der Waals surface area (Å²) in [6.07, 6.45) is 3.31. The molecule has 1 atom stereocenters. The van der Waals surface area contributed by atoms with Gasteiger partial charge in [0, 0.05) is 26.2 Å². The number of carboxylic acids is 5. The Balaban J connectivity index is 5.33. The zero-order valence-electron chi connectivity index (χ0n) is 19.6. The summed E-state index contributed by atoms with van der Waals surface area (Å²) < 4.78 is 0. The van der Waals surface area contributed by atoms with E-state index >= 15 is 0 Å². The van der Waals surface area contributed by atoms with E-state index < -0.39 is 62.1 Å². The second-order valence-electron chi connectivity index (χ2n) is 7.91. The van der Waals surface area contributed by atoms with Crippen LogP contribution in [-0.4, -0.2) is 128 Å². The third-order valence-electron chi connectivity index (χ3n) is 5.12. The van der Waals surface area contributed by atoms with Crippen molar-refractivity contribution in [3.8, 4) is 0 Å².